The van der Waals surface area contributed by atoms with Crippen LogP contribution in [-0.2, 0) is 14.3 Å². The smallest absolute Gasteiger partial charge is 0.312 e. The van der Waals surface area contributed by atoms with Gasteiger partial charge in [0.05, 0.1) is 10.9 Å². The summed E-state index contributed by atoms with van der Waals surface area (Å²) in [6, 6.07) is 9.44. The summed E-state index contributed by atoms with van der Waals surface area (Å²) in [7, 11) is 3.97. The van der Waals surface area contributed by atoms with Gasteiger partial charge in [0, 0.05) is 43.2 Å². The van der Waals surface area contributed by atoms with Crippen molar-refractivity contribution in [2.24, 2.45) is 5.41 Å². The van der Waals surface area contributed by atoms with Crippen LogP contribution in [0.15, 0.2) is 36.5 Å². The second-order valence-corrected chi connectivity index (χ2v) is 8.08. The highest BCUT2D eigenvalue weighted by Gasteiger charge is 2.50. The number of pyridine rings is 1. The van der Waals surface area contributed by atoms with E-state index in [-0.39, 0.29) is 24.5 Å². The summed E-state index contributed by atoms with van der Waals surface area (Å²) in [4.78, 5) is 42.0. The number of hydrogen-bond donors (Lipinski definition) is 1. The van der Waals surface area contributed by atoms with Gasteiger partial charge in [0.25, 0.3) is 12.4 Å². The fourth-order valence-corrected chi connectivity index (χ4v) is 4.28. The topological polar surface area (TPSA) is 100 Å². The van der Waals surface area contributed by atoms with Crippen molar-refractivity contribution in [2.45, 2.75) is 25.4 Å². The van der Waals surface area contributed by atoms with E-state index in [2.05, 4.69) is 4.98 Å². The van der Waals surface area contributed by atoms with Gasteiger partial charge in [-0.1, -0.05) is 6.07 Å². The first-order chi connectivity index (χ1) is 14.4. The highest BCUT2D eigenvalue weighted by Crippen LogP contribution is 2.43. The van der Waals surface area contributed by atoms with E-state index in [1.165, 1.54) is 0 Å². The summed E-state index contributed by atoms with van der Waals surface area (Å²) in [5.41, 5.74) is 1.14. The lowest BCUT2D eigenvalue weighted by molar-refractivity contribution is -0.150. The summed E-state index contributed by atoms with van der Waals surface area (Å²) in [6.07, 6.45) is 3.82. The Labute approximate surface area is 175 Å². The van der Waals surface area contributed by atoms with E-state index in [4.69, 9.17) is 14.6 Å². The number of ether oxygens (including phenoxy) is 1. The second-order valence-electron chi connectivity index (χ2n) is 8.08. The van der Waals surface area contributed by atoms with Crippen LogP contribution in [0.25, 0.3) is 10.9 Å². The summed E-state index contributed by atoms with van der Waals surface area (Å²) in [5.74, 6) is -0.0648. The van der Waals surface area contributed by atoms with Gasteiger partial charge in [-0.25, -0.2) is 0 Å². The highest BCUT2D eigenvalue weighted by atomic mass is 16.6. The van der Waals surface area contributed by atoms with Gasteiger partial charge in [-0.2, -0.15) is 0 Å². The molecule has 3 heterocycles. The molecule has 1 atom stereocenters. The summed E-state index contributed by atoms with van der Waals surface area (Å²) >= 11 is 0. The molecule has 1 aromatic heterocycles. The average molecular weight is 413 g/mol. The van der Waals surface area contributed by atoms with Crippen molar-refractivity contribution < 1.29 is 24.2 Å². The highest BCUT2D eigenvalue weighted by molar-refractivity contribution is 5.98. The number of carbonyl (C=O) groups is 3. The standard InChI is InChI=1S/C21H25N3O3.CH2O2/c1-23(2)14-17-13-21(20(26)27-17)7-10-24(11-8-21)19(25)16-5-6-18-15(12-16)4-3-9-22-18;2-1-3/h3-6,9,12,17H,7-8,10-11,13-14H2,1-2H3;1H,(H,2,3). The summed E-state index contributed by atoms with van der Waals surface area (Å²) in [5, 5.41) is 7.85. The van der Waals surface area contributed by atoms with Crippen molar-refractivity contribution in [3.8, 4) is 0 Å². The Morgan fingerprint density at radius 3 is 2.70 bits per heavy atom. The van der Waals surface area contributed by atoms with Gasteiger partial charge >= 0.3 is 5.97 Å². The first-order valence-corrected chi connectivity index (χ1v) is 9.96. The van der Waals surface area contributed by atoms with E-state index in [0.717, 1.165) is 23.9 Å². The van der Waals surface area contributed by atoms with Crippen LogP contribution in [-0.4, -0.2) is 78.1 Å². The van der Waals surface area contributed by atoms with Gasteiger partial charge in [-0.15, -0.1) is 0 Å². The number of aromatic nitrogens is 1. The van der Waals surface area contributed by atoms with Crippen molar-refractivity contribution in [1.82, 2.24) is 14.8 Å². The van der Waals surface area contributed by atoms with Gasteiger partial charge in [0.1, 0.15) is 6.10 Å². The van der Waals surface area contributed by atoms with Gasteiger partial charge in [-0.05, 0) is 51.2 Å². The van der Waals surface area contributed by atoms with Crippen LogP contribution in [0.1, 0.15) is 29.6 Å². The molecule has 2 aliphatic rings. The Balaban J connectivity index is 0.000000806. The van der Waals surface area contributed by atoms with Crippen LogP contribution in [0, 0.1) is 5.41 Å². The Morgan fingerprint density at radius 2 is 2.03 bits per heavy atom. The summed E-state index contributed by atoms with van der Waals surface area (Å²) < 4.78 is 5.60. The van der Waals surface area contributed by atoms with Crippen molar-refractivity contribution in [1.29, 1.82) is 0 Å². The van der Waals surface area contributed by atoms with E-state index in [9.17, 15) is 9.59 Å². The maximum atomic E-state index is 12.9. The molecule has 1 spiro atoms. The van der Waals surface area contributed by atoms with E-state index in [1.54, 1.807) is 6.20 Å². The third kappa shape index (κ3) is 4.59. The minimum absolute atomic E-state index is 0.0202. The molecule has 0 saturated carbocycles. The quantitative estimate of drug-likeness (QED) is 0.607. The molecule has 8 nitrogen and oxygen atoms in total. The monoisotopic (exact) mass is 413 g/mol. The molecule has 1 aromatic carbocycles. The summed E-state index contributed by atoms with van der Waals surface area (Å²) in [6.45, 7) is 1.68. The predicted molar refractivity (Wildman–Crippen MR) is 111 cm³/mol. The van der Waals surface area contributed by atoms with Crippen LogP contribution in [0.5, 0.6) is 0 Å². The molecule has 2 saturated heterocycles. The van der Waals surface area contributed by atoms with Crippen molar-refractivity contribution in [2.75, 3.05) is 33.7 Å². The first-order valence-electron chi connectivity index (χ1n) is 9.96. The molecule has 1 amide bonds. The van der Waals surface area contributed by atoms with E-state index >= 15 is 0 Å². The molecule has 0 radical (unpaired) electrons. The van der Waals surface area contributed by atoms with E-state index in [1.807, 2.05) is 54.2 Å². The van der Waals surface area contributed by atoms with E-state index < -0.39 is 5.41 Å². The molecule has 8 heteroatoms. The third-order valence-electron chi connectivity index (χ3n) is 5.75. The number of nitrogens with zero attached hydrogens (tertiary/aromatic N) is 3. The number of piperidine rings is 1. The maximum absolute atomic E-state index is 12.9. The minimum atomic E-state index is -0.412. The van der Waals surface area contributed by atoms with Crippen LogP contribution in [0.3, 0.4) is 0 Å². The Morgan fingerprint density at radius 1 is 1.33 bits per heavy atom. The number of cyclic esters (lactones) is 1. The number of esters is 1. The molecule has 0 bridgehead atoms. The Kier molecular flexibility index (Phi) is 6.66. The van der Waals surface area contributed by atoms with Gasteiger partial charge < -0.3 is 19.6 Å². The van der Waals surface area contributed by atoms with Gasteiger partial charge in [0.15, 0.2) is 0 Å². The molecule has 160 valence electrons. The lowest BCUT2D eigenvalue weighted by Gasteiger charge is -2.36. The van der Waals surface area contributed by atoms with Crippen molar-refractivity contribution in [3.05, 3.63) is 42.1 Å². The zero-order chi connectivity index (χ0) is 21.7. The number of likely N-dealkylation sites (tertiary alicyclic amines) is 1. The molecule has 0 aliphatic carbocycles. The molecule has 2 fully saturated rings. The predicted octanol–water partition coefficient (Wildman–Crippen LogP) is 2.04. The Hall–Kier alpha value is -3.00. The number of carbonyl (C=O) groups excluding carboxylic acids is 2. The molecule has 1 N–H and O–H groups in total. The van der Waals surface area contributed by atoms with E-state index in [0.29, 0.717) is 31.5 Å². The molecule has 4 rings (SSSR count). The number of carboxylic acid groups (broad SMARTS) is 1. The Bertz CT molecular complexity index is 922. The normalized spacial score (nSPS) is 20.0. The van der Waals surface area contributed by atoms with Crippen LogP contribution in [0.4, 0.5) is 0 Å². The number of rotatable bonds is 3. The van der Waals surface area contributed by atoms with Crippen LogP contribution >= 0.6 is 0 Å². The van der Waals surface area contributed by atoms with Gasteiger partial charge in [-0.3, -0.25) is 19.4 Å². The molecule has 30 heavy (non-hydrogen) atoms. The minimum Gasteiger partial charge on any atom is -0.483 e. The number of hydrogen-bond acceptors (Lipinski definition) is 6. The van der Waals surface area contributed by atoms with Crippen LogP contribution in [0.2, 0.25) is 0 Å². The van der Waals surface area contributed by atoms with Crippen LogP contribution < -0.4 is 0 Å². The number of amides is 1. The zero-order valence-corrected chi connectivity index (χ0v) is 17.3. The third-order valence-corrected chi connectivity index (χ3v) is 5.75. The van der Waals surface area contributed by atoms with Crippen molar-refractivity contribution >= 4 is 29.3 Å². The zero-order valence-electron chi connectivity index (χ0n) is 17.3. The van der Waals surface area contributed by atoms with Gasteiger partial charge in [0.2, 0.25) is 0 Å². The number of fused-ring (bicyclic) bond motifs is 1. The molecule has 2 aliphatic heterocycles. The lowest BCUT2D eigenvalue weighted by atomic mass is 9.76. The van der Waals surface area contributed by atoms with Crippen molar-refractivity contribution in [3.63, 3.8) is 0 Å². The SMILES string of the molecule is CN(C)CC1CC2(CCN(C(=O)c3ccc4ncccc4c3)CC2)C(=O)O1.O=CO. The molecular weight excluding hydrogens is 386 g/mol. The molecule has 1 unspecified atom stereocenters. The fraction of sp³-hybridized carbons (Fsp3) is 0.455. The second kappa shape index (κ2) is 9.21. The largest absolute Gasteiger partial charge is 0.483 e. The number of benzene rings is 1. The number of likely N-dealkylation sites (N-methyl/N-ethyl adjacent to an activating group) is 1. The maximum Gasteiger partial charge on any atom is 0.312 e. The lowest BCUT2D eigenvalue weighted by Crippen LogP contribution is -2.45. The first kappa shape index (κ1) is 21.7. The molecular formula is C22H27N3O5. The average Bonchev–Trinajstić information content (AvgIpc) is 3.02. The molecule has 2 aromatic rings. The fourth-order valence-electron chi connectivity index (χ4n) is 4.28.